The van der Waals surface area contributed by atoms with Gasteiger partial charge in [-0.2, -0.15) is 0 Å². The fraction of sp³-hybridized carbons (Fsp3) is 0.538. The molecule has 0 heterocycles. The maximum atomic E-state index is 13.5. The summed E-state index contributed by atoms with van der Waals surface area (Å²) in [5.41, 5.74) is 0.00986. The zero-order valence-corrected chi connectivity index (χ0v) is 10.2. The average molecular weight is 259 g/mol. The van der Waals surface area contributed by atoms with Crippen molar-refractivity contribution in [2.24, 2.45) is 0 Å². The van der Waals surface area contributed by atoms with Crippen LogP contribution in [0.1, 0.15) is 25.7 Å². The van der Waals surface area contributed by atoms with E-state index in [4.69, 9.17) is 4.74 Å². The van der Waals surface area contributed by atoms with Crippen LogP contribution in [0.5, 0.6) is 0 Å². The van der Waals surface area contributed by atoms with Gasteiger partial charge in [-0.3, -0.25) is 0 Å². The smallest absolute Gasteiger partial charge is 0.161 e. The Labute approximate surface area is 104 Å². The summed E-state index contributed by atoms with van der Waals surface area (Å²) in [5.74, 6) is -2.98. The van der Waals surface area contributed by atoms with E-state index in [1.807, 2.05) is 0 Å². The van der Waals surface area contributed by atoms with Gasteiger partial charge < -0.3 is 10.1 Å². The van der Waals surface area contributed by atoms with Crippen molar-refractivity contribution in [2.75, 3.05) is 12.4 Å². The van der Waals surface area contributed by atoms with Crippen LogP contribution in [0.15, 0.2) is 12.1 Å². The largest absolute Gasteiger partial charge is 0.381 e. The summed E-state index contributed by atoms with van der Waals surface area (Å²) < 4.78 is 44.6. The van der Waals surface area contributed by atoms with Gasteiger partial charge in [-0.1, -0.05) is 0 Å². The number of nitrogens with one attached hydrogen (secondary N) is 1. The molecule has 1 aliphatic carbocycles. The maximum Gasteiger partial charge on any atom is 0.161 e. The molecule has 0 spiro atoms. The van der Waals surface area contributed by atoms with Crippen LogP contribution < -0.4 is 5.32 Å². The van der Waals surface area contributed by atoms with Crippen LogP contribution in [0.2, 0.25) is 0 Å². The molecule has 0 bridgehead atoms. The summed E-state index contributed by atoms with van der Waals surface area (Å²) in [4.78, 5) is 0. The zero-order chi connectivity index (χ0) is 13.1. The Morgan fingerprint density at radius 2 is 1.83 bits per heavy atom. The van der Waals surface area contributed by atoms with Gasteiger partial charge in [0.25, 0.3) is 0 Å². The van der Waals surface area contributed by atoms with Crippen molar-refractivity contribution in [2.45, 2.75) is 37.8 Å². The Bertz CT molecular complexity index is 425. The Morgan fingerprint density at radius 3 is 2.56 bits per heavy atom. The average Bonchev–Trinajstić information content (AvgIpc) is 2.36. The lowest BCUT2D eigenvalue weighted by Crippen LogP contribution is -2.31. The van der Waals surface area contributed by atoms with Gasteiger partial charge in [0.15, 0.2) is 11.6 Å². The molecule has 2 nitrogen and oxygen atoms in total. The normalized spacial score (nSPS) is 24.0. The van der Waals surface area contributed by atoms with Crippen LogP contribution >= 0.6 is 0 Å². The predicted molar refractivity (Wildman–Crippen MR) is 63.0 cm³/mol. The van der Waals surface area contributed by atoms with E-state index < -0.39 is 17.5 Å². The van der Waals surface area contributed by atoms with Crippen LogP contribution in [0.25, 0.3) is 0 Å². The summed E-state index contributed by atoms with van der Waals surface area (Å²) in [6.07, 6.45) is 3.72. The van der Waals surface area contributed by atoms with Crippen molar-refractivity contribution in [1.82, 2.24) is 0 Å². The number of anilines is 1. The van der Waals surface area contributed by atoms with E-state index >= 15 is 0 Å². The zero-order valence-electron chi connectivity index (χ0n) is 10.2. The first-order chi connectivity index (χ1) is 8.60. The summed E-state index contributed by atoms with van der Waals surface area (Å²) in [6.45, 7) is 0. The molecule has 100 valence electrons. The molecule has 1 aliphatic rings. The third-order valence-corrected chi connectivity index (χ3v) is 3.33. The predicted octanol–water partition coefficient (Wildman–Crippen LogP) is 3.47. The highest BCUT2D eigenvalue weighted by Crippen LogP contribution is 2.26. The molecule has 1 saturated carbocycles. The molecular formula is C13H16F3NO. The second-order valence-electron chi connectivity index (χ2n) is 4.61. The minimum atomic E-state index is -1.17. The summed E-state index contributed by atoms with van der Waals surface area (Å²) in [6, 6.07) is 1.46. The van der Waals surface area contributed by atoms with Gasteiger partial charge in [-0.05, 0) is 25.7 Å². The lowest BCUT2D eigenvalue weighted by atomic mass is 9.92. The first-order valence-corrected chi connectivity index (χ1v) is 6.04. The molecule has 0 aliphatic heterocycles. The lowest BCUT2D eigenvalue weighted by molar-refractivity contribution is 0.0669. The molecular weight excluding hydrogens is 243 g/mol. The molecule has 1 aromatic carbocycles. The first-order valence-electron chi connectivity index (χ1n) is 6.04. The van der Waals surface area contributed by atoms with Gasteiger partial charge in [0.2, 0.25) is 0 Å². The quantitative estimate of drug-likeness (QED) is 0.839. The van der Waals surface area contributed by atoms with E-state index in [0.29, 0.717) is 6.07 Å². The monoisotopic (exact) mass is 259 g/mol. The van der Waals surface area contributed by atoms with Crippen LogP contribution in [-0.4, -0.2) is 19.3 Å². The van der Waals surface area contributed by atoms with Crippen molar-refractivity contribution in [3.63, 3.8) is 0 Å². The molecule has 5 heteroatoms. The maximum absolute atomic E-state index is 13.5. The second-order valence-corrected chi connectivity index (χ2v) is 4.61. The third kappa shape index (κ3) is 2.96. The minimum absolute atomic E-state index is 0.00986. The SMILES string of the molecule is COC1CCCC(Nc2cc(F)c(F)cc2F)C1. The van der Waals surface area contributed by atoms with Crippen molar-refractivity contribution < 1.29 is 17.9 Å². The molecule has 2 unspecified atom stereocenters. The molecule has 1 fully saturated rings. The van der Waals surface area contributed by atoms with E-state index in [1.165, 1.54) is 0 Å². The molecule has 2 atom stereocenters. The van der Waals surface area contributed by atoms with Crippen molar-refractivity contribution in [3.05, 3.63) is 29.6 Å². The van der Waals surface area contributed by atoms with Gasteiger partial charge in [-0.25, -0.2) is 13.2 Å². The first kappa shape index (κ1) is 13.2. The van der Waals surface area contributed by atoms with Gasteiger partial charge >= 0.3 is 0 Å². The number of methoxy groups -OCH3 is 1. The molecule has 0 amide bonds. The van der Waals surface area contributed by atoms with E-state index in [0.717, 1.165) is 31.7 Å². The lowest BCUT2D eigenvalue weighted by Gasteiger charge is -2.29. The number of benzene rings is 1. The number of ether oxygens (including phenoxy) is 1. The van der Waals surface area contributed by atoms with Gasteiger partial charge in [-0.15, -0.1) is 0 Å². The summed E-state index contributed by atoms with van der Waals surface area (Å²) >= 11 is 0. The topological polar surface area (TPSA) is 21.3 Å². The van der Waals surface area contributed by atoms with Crippen molar-refractivity contribution >= 4 is 5.69 Å². The number of hydrogen-bond acceptors (Lipinski definition) is 2. The van der Waals surface area contributed by atoms with Crippen LogP contribution in [0.3, 0.4) is 0 Å². The number of rotatable bonds is 3. The van der Waals surface area contributed by atoms with Crippen LogP contribution in [-0.2, 0) is 4.74 Å². The molecule has 0 saturated heterocycles. The summed E-state index contributed by atoms with van der Waals surface area (Å²) in [5, 5.41) is 2.92. The summed E-state index contributed by atoms with van der Waals surface area (Å²) in [7, 11) is 1.64. The highest BCUT2D eigenvalue weighted by atomic mass is 19.2. The molecule has 2 rings (SSSR count). The molecule has 1 aromatic rings. The Morgan fingerprint density at radius 1 is 1.11 bits per heavy atom. The van der Waals surface area contributed by atoms with Crippen LogP contribution in [0, 0.1) is 17.5 Å². The minimum Gasteiger partial charge on any atom is -0.381 e. The number of hydrogen-bond donors (Lipinski definition) is 1. The van der Waals surface area contributed by atoms with E-state index in [-0.39, 0.29) is 17.8 Å². The highest BCUT2D eigenvalue weighted by molar-refractivity contribution is 5.46. The molecule has 0 radical (unpaired) electrons. The third-order valence-electron chi connectivity index (χ3n) is 3.33. The Hall–Kier alpha value is -1.23. The number of halogens is 3. The Balaban J connectivity index is 2.07. The van der Waals surface area contributed by atoms with E-state index in [9.17, 15) is 13.2 Å². The fourth-order valence-corrected chi connectivity index (χ4v) is 2.34. The highest BCUT2D eigenvalue weighted by Gasteiger charge is 2.22. The fourth-order valence-electron chi connectivity index (χ4n) is 2.34. The Kier molecular flexibility index (Phi) is 4.11. The van der Waals surface area contributed by atoms with Crippen molar-refractivity contribution in [3.8, 4) is 0 Å². The van der Waals surface area contributed by atoms with E-state index in [1.54, 1.807) is 7.11 Å². The van der Waals surface area contributed by atoms with Gasteiger partial charge in [0.05, 0.1) is 11.8 Å². The van der Waals surface area contributed by atoms with Gasteiger partial charge in [0.1, 0.15) is 5.82 Å². The van der Waals surface area contributed by atoms with Crippen LogP contribution in [0.4, 0.5) is 18.9 Å². The van der Waals surface area contributed by atoms with Crippen molar-refractivity contribution in [1.29, 1.82) is 0 Å². The molecule has 0 aromatic heterocycles. The molecule has 18 heavy (non-hydrogen) atoms. The van der Waals surface area contributed by atoms with E-state index in [2.05, 4.69) is 5.32 Å². The standard InChI is InChI=1S/C13H16F3NO/c1-18-9-4-2-3-8(5-9)17-13-7-11(15)10(14)6-12(13)16/h6-9,17H,2-5H2,1H3. The molecule has 1 N–H and O–H groups in total. The van der Waals surface area contributed by atoms with Gasteiger partial charge in [0, 0.05) is 25.3 Å². The second kappa shape index (κ2) is 5.61.